The smallest absolute Gasteiger partial charge is 0.339 e. The van der Waals surface area contributed by atoms with Crippen LogP contribution in [0.3, 0.4) is 0 Å². The third-order valence-electron chi connectivity index (χ3n) is 2.20. The summed E-state index contributed by atoms with van der Waals surface area (Å²) in [5.74, 6) is 0.394. The fourth-order valence-electron chi connectivity index (χ4n) is 1.36. The van der Waals surface area contributed by atoms with Gasteiger partial charge in [-0.2, -0.15) is 13.2 Å². The molecule has 0 aliphatic heterocycles. The Kier molecular flexibility index (Phi) is 4.10. The molecule has 1 heterocycles. The molecule has 1 aromatic carbocycles. The lowest BCUT2D eigenvalue weighted by molar-refractivity contribution is -0.138. The van der Waals surface area contributed by atoms with E-state index >= 15 is 0 Å². The molecule has 100 valence electrons. The predicted molar refractivity (Wildman–Crippen MR) is 72.2 cm³/mol. The van der Waals surface area contributed by atoms with Crippen molar-refractivity contribution < 1.29 is 13.2 Å². The lowest BCUT2D eigenvalue weighted by atomic mass is 10.2. The molecule has 0 aliphatic rings. The number of benzene rings is 1. The van der Waals surface area contributed by atoms with Crippen molar-refractivity contribution in [2.45, 2.75) is 6.18 Å². The molecular weight excluding hydrogens is 391 g/mol. The molecule has 2 rings (SSSR count). The summed E-state index contributed by atoms with van der Waals surface area (Å²) in [5.41, 5.74) is -0.461. The molecule has 1 aromatic heterocycles. The van der Waals surface area contributed by atoms with Gasteiger partial charge in [0.25, 0.3) is 0 Å². The number of hydrogen-bond acceptors (Lipinski definition) is 3. The maximum absolute atomic E-state index is 12.8. The van der Waals surface area contributed by atoms with Gasteiger partial charge in [0.05, 0.1) is 10.0 Å². The fourth-order valence-corrected chi connectivity index (χ4v) is 2.15. The summed E-state index contributed by atoms with van der Waals surface area (Å²) >= 11 is 6.09. The van der Waals surface area contributed by atoms with Crippen molar-refractivity contribution in [3.8, 4) is 0 Å². The molecule has 0 fully saturated rings. The second-order valence-electron chi connectivity index (χ2n) is 3.54. The van der Waals surface area contributed by atoms with E-state index in [4.69, 9.17) is 0 Å². The van der Waals surface area contributed by atoms with Gasteiger partial charge in [-0.15, -0.1) is 0 Å². The van der Waals surface area contributed by atoms with Gasteiger partial charge in [0.15, 0.2) is 0 Å². The molecule has 0 unspecified atom stereocenters. The van der Waals surface area contributed by atoms with Crippen LogP contribution in [0.2, 0.25) is 0 Å². The summed E-state index contributed by atoms with van der Waals surface area (Å²) < 4.78 is 38.8. The molecule has 1 N–H and O–H groups in total. The van der Waals surface area contributed by atoms with Crippen LogP contribution >= 0.6 is 31.9 Å². The SMILES string of the molecule is FC(F)(F)c1cc(Nc2ncncc2Br)ccc1Br. The highest BCUT2D eigenvalue weighted by atomic mass is 79.9. The Balaban J connectivity index is 2.35. The standard InChI is InChI=1S/C11H6Br2F3N3/c12-8-2-1-6(3-7(8)11(14,15)16)19-10-9(13)4-17-5-18-10/h1-5H,(H,17,18,19). The number of hydrogen-bond donors (Lipinski definition) is 1. The zero-order chi connectivity index (χ0) is 14.0. The molecular formula is C11H6Br2F3N3. The minimum atomic E-state index is -4.42. The maximum Gasteiger partial charge on any atom is 0.417 e. The third-order valence-corrected chi connectivity index (χ3v) is 3.47. The van der Waals surface area contributed by atoms with Crippen LogP contribution in [0.4, 0.5) is 24.7 Å². The van der Waals surface area contributed by atoms with E-state index in [0.29, 0.717) is 10.3 Å². The normalized spacial score (nSPS) is 11.4. The van der Waals surface area contributed by atoms with E-state index in [9.17, 15) is 13.2 Å². The Morgan fingerprint density at radius 2 is 1.84 bits per heavy atom. The fraction of sp³-hybridized carbons (Fsp3) is 0.0909. The largest absolute Gasteiger partial charge is 0.417 e. The van der Waals surface area contributed by atoms with E-state index in [0.717, 1.165) is 6.07 Å². The highest BCUT2D eigenvalue weighted by Gasteiger charge is 2.33. The Labute approximate surface area is 123 Å². The van der Waals surface area contributed by atoms with Crippen LogP contribution in [-0.4, -0.2) is 9.97 Å². The number of rotatable bonds is 2. The predicted octanol–water partition coefficient (Wildman–Crippen LogP) is 4.76. The van der Waals surface area contributed by atoms with E-state index in [-0.39, 0.29) is 10.2 Å². The summed E-state index contributed by atoms with van der Waals surface area (Å²) in [6.07, 6.45) is -1.62. The van der Waals surface area contributed by atoms with Gasteiger partial charge >= 0.3 is 6.18 Å². The number of nitrogens with zero attached hydrogens (tertiary/aromatic N) is 2. The van der Waals surface area contributed by atoms with E-state index in [1.165, 1.54) is 24.7 Å². The number of alkyl halides is 3. The second kappa shape index (κ2) is 5.46. The van der Waals surface area contributed by atoms with Gasteiger partial charge in [0.1, 0.15) is 12.1 Å². The number of anilines is 2. The van der Waals surface area contributed by atoms with Gasteiger partial charge in [-0.1, -0.05) is 15.9 Å². The average Bonchev–Trinajstić information content (AvgIpc) is 2.33. The van der Waals surface area contributed by atoms with Crippen molar-refractivity contribution in [1.29, 1.82) is 0 Å². The second-order valence-corrected chi connectivity index (χ2v) is 5.25. The minimum Gasteiger partial charge on any atom is -0.339 e. The number of halogens is 5. The highest BCUT2D eigenvalue weighted by Crippen LogP contribution is 2.37. The Morgan fingerprint density at radius 3 is 2.47 bits per heavy atom. The van der Waals surface area contributed by atoms with Crippen LogP contribution in [0.15, 0.2) is 39.7 Å². The van der Waals surface area contributed by atoms with Crippen LogP contribution < -0.4 is 5.32 Å². The Hall–Kier alpha value is -1.15. The van der Waals surface area contributed by atoms with E-state index in [1.54, 1.807) is 0 Å². The lowest BCUT2D eigenvalue weighted by Crippen LogP contribution is -2.07. The van der Waals surface area contributed by atoms with Gasteiger partial charge in [-0.3, -0.25) is 0 Å². The molecule has 2 aromatic rings. The van der Waals surface area contributed by atoms with Gasteiger partial charge in [0, 0.05) is 16.4 Å². The van der Waals surface area contributed by atoms with Gasteiger partial charge in [-0.05, 0) is 34.1 Å². The summed E-state index contributed by atoms with van der Waals surface area (Å²) in [6, 6.07) is 3.87. The molecule has 0 saturated heterocycles. The van der Waals surface area contributed by atoms with Crippen molar-refractivity contribution in [2.75, 3.05) is 5.32 Å². The summed E-state index contributed by atoms with van der Waals surface area (Å²) in [4.78, 5) is 7.70. The van der Waals surface area contributed by atoms with E-state index < -0.39 is 11.7 Å². The number of nitrogens with one attached hydrogen (secondary N) is 1. The zero-order valence-corrected chi connectivity index (χ0v) is 12.3. The number of aromatic nitrogens is 2. The first-order valence-electron chi connectivity index (χ1n) is 4.97. The molecule has 0 saturated carbocycles. The molecule has 19 heavy (non-hydrogen) atoms. The highest BCUT2D eigenvalue weighted by molar-refractivity contribution is 9.10. The van der Waals surface area contributed by atoms with Crippen LogP contribution in [0.1, 0.15) is 5.56 Å². The molecule has 0 bridgehead atoms. The van der Waals surface area contributed by atoms with Crippen molar-refractivity contribution in [3.05, 3.63) is 45.2 Å². The maximum atomic E-state index is 12.8. The van der Waals surface area contributed by atoms with Gasteiger partial charge < -0.3 is 5.32 Å². The molecule has 0 aliphatic carbocycles. The average molecular weight is 397 g/mol. The van der Waals surface area contributed by atoms with Crippen LogP contribution in [0, 0.1) is 0 Å². The van der Waals surface area contributed by atoms with Crippen LogP contribution in [0.5, 0.6) is 0 Å². The van der Waals surface area contributed by atoms with Gasteiger partial charge in [-0.25, -0.2) is 9.97 Å². The topological polar surface area (TPSA) is 37.8 Å². The molecule has 8 heteroatoms. The lowest BCUT2D eigenvalue weighted by Gasteiger charge is -2.12. The summed E-state index contributed by atoms with van der Waals surface area (Å²) in [6.45, 7) is 0. The first-order chi connectivity index (χ1) is 8.88. The Bertz CT molecular complexity index is 602. The zero-order valence-electron chi connectivity index (χ0n) is 9.17. The van der Waals surface area contributed by atoms with Crippen molar-refractivity contribution >= 4 is 43.4 Å². The van der Waals surface area contributed by atoms with E-state index in [1.807, 2.05) is 0 Å². The van der Waals surface area contributed by atoms with Gasteiger partial charge in [0.2, 0.25) is 0 Å². The molecule has 3 nitrogen and oxygen atoms in total. The monoisotopic (exact) mass is 395 g/mol. The summed E-state index contributed by atoms with van der Waals surface area (Å²) in [5, 5.41) is 2.79. The first kappa shape index (κ1) is 14.3. The first-order valence-corrected chi connectivity index (χ1v) is 6.56. The third kappa shape index (κ3) is 3.44. The van der Waals surface area contributed by atoms with Crippen LogP contribution in [0.25, 0.3) is 0 Å². The molecule has 0 amide bonds. The molecule has 0 atom stereocenters. The summed E-state index contributed by atoms with van der Waals surface area (Å²) in [7, 11) is 0. The quantitative estimate of drug-likeness (QED) is 0.794. The van der Waals surface area contributed by atoms with Crippen molar-refractivity contribution in [2.24, 2.45) is 0 Å². The van der Waals surface area contributed by atoms with Crippen molar-refractivity contribution in [3.63, 3.8) is 0 Å². The van der Waals surface area contributed by atoms with Crippen LogP contribution in [-0.2, 0) is 6.18 Å². The minimum absolute atomic E-state index is 0.00713. The van der Waals surface area contributed by atoms with Crippen molar-refractivity contribution in [1.82, 2.24) is 9.97 Å². The molecule has 0 spiro atoms. The Morgan fingerprint density at radius 1 is 1.11 bits per heavy atom. The molecule has 0 radical (unpaired) electrons. The van der Waals surface area contributed by atoms with E-state index in [2.05, 4.69) is 47.1 Å².